The first-order chi connectivity index (χ1) is 12.7. The van der Waals surface area contributed by atoms with Crippen molar-refractivity contribution in [2.24, 2.45) is 0 Å². The molecule has 2 aromatic heterocycles. The second-order valence-electron chi connectivity index (χ2n) is 7.22. The van der Waals surface area contributed by atoms with E-state index in [1.807, 2.05) is 24.2 Å². The fraction of sp³-hybridized carbons (Fsp3) is 0.579. The highest BCUT2D eigenvalue weighted by Crippen LogP contribution is 2.28. The molecule has 7 nitrogen and oxygen atoms in total. The van der Waals surface area contributed by atoms with Gasteiger partial charge in [-0.15, -0.1) is 10.2 Å². The quantitative estimate of drug-likeness (QED) is 0.838. The first kappa shape index (κ1) is 17.1. The first-order valence-corrected chi connectivity index (χ1v) is 9.55. The van der Waals surface area contributed by atoms with Crippen molar-refractivity contribution in [3.8, 4) is 0 Å². The Morgan fingerprint density at radius 2 is 2.04 bits per heavy atom. The van der Waals surface area contributed by atoms with E-state index in [-0.39, 0.29) is 5.91 Å². The predicted octanol–water partition coefficient (Wildman–Crippen LogP) is 1.80. The average molecular weight is 354 g/mol. The molecular formula is C19H26N6O. The van der Waals surface area contributed by atoms with Gasteiger partial charge >= 0.3 is 0 Å². The van der Waals surface area contributed by atoms with E-state index in [0.717, 1.165) is 50.8 Å². The van der Waals surface area contributed by atoms with Gasteiger partial charge in [-0.05, 0) is 37.1 Å². The van der Waals surface area contributed by atoms with Gasteiger partial charge in [0, 0.05) is 50.9 Å². The number of pyridine rings is 1. The van der Waals surface area contributed by atoms with Gasteiger partial charge in [0.25, 0.3) is 0 Å². The summed E-state index contributed by atoms with van der Waals surface area (Å²) in [7, 11) is 0. The van der Waals surface area contributed by atoms with Crippen LogP contribution in [0.15, 0.2) is 24.5 Å². The summed E-state index contributed by atoms with van der Waals surface area (Å²) in [6.07, 6.45) is 6.60. The van der Waals surface area contributed by atoms with E-state index in [4.69, 9.17) is 0 Å². The zero-order valence-corrected chi connectivity index (χ0v) is 15.3. The van der Waals surface area contributed by atoms with Crippen LogP contribution in [0.4, 0.5) is 0 Å². The molecule has 2 aromatic rings. The van der Waals surface area contributed by atoms with E-state index >= 15 is 0 Å². The van der Waals surface area contributed by atoms with Gasteiger partial charge in [-0.2, -0.15) is 0 Å². The van der Waals surface area contributed by atoms with E-state index in [2.05, 4.69) is 36.8 Å². The monoisotopic (exact) mass is 354 g/mol. The Morgan fingerprint density at radius 3 is 2.85 bits per heavy atom. The number of aromatic nitrogens is 4. The molecule has 0 spiro atoms. The molecule has 1 saturated heterocycles. The third-order valence-electron chi connectivity index (χ3n) is 5.46. The molecule has 4 rings (SSSR count). The number of hydrogen-bond donors (Lipinski definition) is 0. The van der Waals surface area contributed by atoms with Crippen LogP contribution >= 0.6 is 0 Å². The maximum atomic E-state index is 12.0. The molecule has 138 valence electrons. The Kier molecular flexibility index (Phi) is 4.97. The van der Waals surface area contributed by atoms with Gasteiger partial charge in [-0.3, -0.25) is 14.7 Å². The van der Waals surface area contributed by atoms with E-state index in [0.29, 0.717) is 18.9 Å². The second kappa shape index (κ2) is 7.53. The molecule has 2 aliphatic heterocycles. The zero-order valence-electron chi connectivity index (χ0n) is 15.3. The van der Waals surface area contributed by atoms with Crippen LogP contribution in [-0.4, -0.2) is 55.1 Å². The third kappa shape index (κ3) is 3.49. The zero-order chi connectivity index (χ0) is 17.9. The number of fused-ring (bicyclic) bond motifs is 1. The van der Waals surface area contributed by atoms with Gasteiger partial charge in [-0.25, -0.2) is 0 Å². The fourth-order valence-corrected chi connectivity index (χ4v) is 4.08. The number of hydrogen-bond acceptors (Lipinski definition) is 5. The van der Waals surface area contributed by atoms with Crippen molar-refractivity contribution >= 4 is 5.91 Å². The number of rotatable bonds is 4. The van der Waals surface area contributed by atoms with Gasteiger partial charge in [0.15, 0.2) is 5.82 Å². The molecule has 1 unspecified atom stereocenters. The molecular weight excluding hydrogens is 328 g/mol. The van der Waals surface area contributed by atoms with Gasteiger partial charge in [0.05, 0.1) is 6.54 Å². The standard InChI is InChI=1S/C19H26N6O/c1-2-18(26)24-10-11-25-17(14-24)21-22-19(25)16-4-3-9-23(13-16)12-15-5-7-20-8-6-15/h5-8,16H,2-4,9-14H2,1H3. The van der Waals surface area contributed by atoms with Crippen LogP contribution in [0.5, 0.6) is 0 Å². The molecule has 0 radical (unpaired) electrons. The van der Waals surface area contributed by atoms with Crippen molar-refractivity contribution in [2.45, 2.75) is 51.7 Å². The van der Waals surface area contributed by atoms with Gasteiger partial charge in [0.2, 0.25) is 5.91 Å². The fourth-order valence-electron chi connectivity index (χ4n) is 4.08. The van der Waals surface area contributed by atoms with E-state index < -0.39 is 0 Å². The van der Waals surface area contributed by atoms with E-state index in [1.54, 1.807) is 0 Å². The topological polar surface area (TPSA) is 67.2 Å². The second-order valence-corrected chi connectivity index (χ2v) is 7.22. The number of carbonyl (C=O) groups excluding carboxylic acids is 1. The molecule has 0 aliphatic carbocycles. The lowest BCUT2D eigenvalue weighted by Crippen LogP contribution is -2.39. The molecule has 26 heavy (non-hydrogen) atoms. The largest absolute Gasteiger partial charge is 0.333 e. The van der Waals surface area contributed by atoms with Crippen LogP contribution in [-0.2, 0) is 24.4 Å². The lowest BCUT2D eigenvalue weighted by Gasteiger charge is -2.33. The molecule has 1 fully saturated rings. The summed E-state index contributed by atoms with van der Waals surface area (Å²) in [6.45, 7) is 7.16. The number of likely N-dealkylation sites (tertiary alicyclic amines) is 1. The number of carbonyl (C=O) groups is 1. The van der Waals surface area contributed by atoms with Crippen LogP contribution < -0.4 is 0 Å². The third-order valence-corrected chi connectivity index (χ3v) is 5.46. The summed E-state index contributed by atoms with van der Waals surface area (Å²) in [5.74, 6) is 2.64. The highest BCUT2D eigenvalue weighted by molar-refractivity contribution is 5.75. The normalized spacial score (nSPS) is 20.8. The SMILES string of the molecule is CCC(=O)N1CCn2c(nnc2C2CCCN(Cc3ccncc3)C2)C1. The van der Waals surface area contributed by atoms with Gasteiger partial charge in [0.1, 0.15) is 5.82 Å². The summed E-state index contributed by atoms with van der Waals surface area (Å²) in [5.41, 5.74) is 1.30. The molecule has 1 atom stereocenters. The van der Waals surface area contributed by atoms with Crippen molar-refractivity contribution < 1.29 is 4.79 Å². The maximum Gasteiger partial charge on any atom is 0.222 e. The molecule has 0 bridgehead atoms. The summed E-state index contributed by atoms with van der Waals surface area (Å²) in [6, 6.07) is 4.17. The maximum absolute atomic E-state index is 12.0. The molecule has 7 heteroatoms. The number of amides is 1. The Labute approximate surface area is 154 Å². The smallest absolute Gasteiger partial charge is 0.222 e. The summed E-state index contributed by atoms with van der Waals surface area (Å²) in [5, 5.41) is 8.92. The Hall–Kier alpha value is -2.28. The molecule has 0 aromatic carbocycles. The van der Waals surface area contributed by atoms with Crippen LogP contribution in [0, 0.1) is 0 Å². The minimum Gasteiger partial charge on any atom is -0.333 e. The van der Waals surface area contributed by atoms with E-state index in [9.17, 15) is 4.79 Å². The van der Waals surface area contributed by atoms with Crippen molar-refractivity contribution in [1.29, 1.82) is 0 Å². The first-order valence-electron chi connectivity index (χ1n) is 9.55. The van der Waals surface area contributed by atoms with Crippen molar-refractivity contribution in [3.63, 3.8) is 0 Å². The Bertz CT molecular complexity index is 759. The van der Waals surface area contributed by atoms with Crippen molar-refractivity contribution in [2.75, 3.05) is 19.6 Å². The molecule has 4 heterocycles. The summed E-state index contributed by atoms with van der Waals surface area (Å²) in [4.78, 5) is 20.5. The minimum atomic E-state index is 0.196. The average Bonchev–Trinajstić information content (AvgIpc) is 3.11. The van der Waals surface area contributed by atoms with Crippen molar-refractivity contribution in [3.05, 3.63) is 41.7 Å². The van der Waals surface area contributed by atoms with Gasteiger partial charge < -0.3 is 9.47 Å². The van der Waals surface area contributed by atoms with Gasteiger partial charge in [-0.1, -0.05) is 6.92 Å². The summed E-state index contributed by atoms with van der Waals surface area (Å²) >= 11 is 0. The highest BCUT2D eigenvalue weighted by atomic mass is 16.2. The van der Waals surface area contributed by atoms with E-state index in [1.165, 1.54) is 12.0 Å². The summed E-state index contributed by atoms with van der Waals surface area (Å²) < 4.78 is 2.25. The minimum absolute atomic E-state index is 0.196. The highest BCUT2D eigenvalue weighted by Gasteiger charge is 2.29. The predicted molar refractivity (Wildman–Crippen MR) is 97.2 cm³/mol. The Morgan fingerprint density at radius 1 is 1.19 bits per heavy atom. The molecule has 0 saturated carbocycles. The lowest BCUT2D eigenvalue weighted by atomic mass is 9.96. The molecule has 1 amide bonds. The number of nitrogens with zero attached hydrogens (tertiary/aromatic N) is 6. The van der Waals surface area contributed by atoms with Crippen LogP contribution in [0.3, 0.4) is 0 Å². The molecule has 2 aliphatic rings. The number of piperidine rings is 1. The van der Waals surface area contributed by atoms with Crippen LogP contribution in [0.2, 0.25) is 0 Å². The Balaban J connectivity index is 1.45. The lowest BCUT2D eigenvalue weighted by molar-refractivity contribution is -0.132. The molecule has 0 N–H and O–H groups in total. The van der Waals surface area contributed by atoms with Crippen molar-refractivity contribution in [1.82, 2.24) is 29.5 Å². The van der Waals surface area contributed by atoms with Crippen LogP contribution in [0.25, 0.3) is 0 Å². The van der Waals surface area contributed by atoms with Crippen LogP contribution in [0.1, 0.15) is 49.3 Å².